The van der Waals surface area contributed by atoms with Crippen molar-refractivity contribution in [2.24, 2.45) is 0 Å². The van der Waals surface area contributed by atoms with E-state index in [1.807, 2.05) is 50.2 Å². The van der Waals surface area contributed by atoms with Gasteiger partial charge in [0.2, 0.25) is 0 Å². The lowest BCUT2D eigenvalue weighted by Gasteiger charge is -2.14. The van der Waals surface area contributed by atoms with Crippen molar-refractivity contribution in [2.75, 3.05) is 5.32 Å². The standard InChI is InChI=1S/C23H16N2O3/c1-12-7-10-18(13(2)11-12)24-23(27)17-9-8-16-19-20(17)25-28-22(19)15-6-4-3-5-14(15)21(16)26/h3-11H,1-2H3,(H,24,27). The molecule has 1 aliphatic carbocycles. The number of nitrogens with one attached hydrogen (secondary N) is 1. The molecule has 1 N–H and O–H groups in total. The number of amides is 1. The Morgan fingerprint density at radius 1 is 0.964 bits per heavy atom. The molecule has 0 saturated carbocycles. The molecular weight excluding hydrogens is 352 g/mol. The molecule has 5 heteroatoms. The van der Waals surface area contributed by atoms with E-state index in [4.69, 9.17) is 4.52 Å². The van der Waals surface area contributed by atoms with Gasteiger partial charge in [-0.3, -0.25) is 9.59 Å². The summed E-state index contributed by atoms with van der Waals surface area (Å²) in [6.45, 7) is 3.95. The quantitative estimate of drug-likeness (QED) is 0.481. The summed E-state index contributed by atoms with van der Waals surface area (Å²) in [6.07, 6.45) is 0. The zero-order chi connectivity index (χ0) is 19.4. The molecule has 1 aromatic heterocycles. The van der Waals surface area contributed by atoms with E-state index in [9.17, 15) is 9.59 Å². The number of nitrogens with zero attached hydrogens (tertiary/aromatic N) is 1. The molecule has 0 aliphatic heterocycles. The summed E-state index contributed by atoms with van der Waals surface area (Å²) in [5.74, 6) is 0.156. The van der Waals surface area contributed by atoms with Crippen molar-refractivity contribution in [2.45, 2.75) is 13.8 Å². The number of hydrogen-bond donors (Lipinski definition) is 1. The molecule has 28 heavy (non-hydrogen) atoms. The van der Waals surface area contributed by atoms with Crippen molar-refractivity contribution in [3.63, 3.8) is 0 Å². The maximum absolute atomic E-state index is 12.9. The van der Waals surface area contributed by atoms with Crippen LogP contribution in [0.4, 0.5) is 5.69 Å². The Labute approximate surface area is 161 Å². The van der Waals surface area contributed by atoms with Crippen LogP contribution in [0.1, 0.15) is 37.4 Å². The minimum absolute atomic E-state index is 0.0855. The van der Waals surface area contributed by atoms with Gasteiger partial charge >= 0.3 is 0 Å². The van der Waals surface area contributed by atoms with E-state index in [0.717, 1.165) is 16.8 Å². The van der Waals surface area contributed by atoms with Gasteiger partial charge in [-0.15, -0.1) is 0 Å². The fourth-order valence-electron chi connectivity index (χ4n) is 3.78. The predicted octanol–water partition coefficient (Wildman–Crippen LogP) is 4.91. The van der Waals surface area contributed by atoms with Crippen LogP contribution in [-0.2, 0) is 0 Å². The number of rotatable bonds is 2. The zero-order valence-corrected chi connectivity index (χ0v) is 15.4. The van der Waals surface area contributed by atoms with Crippen LogP contribution in [0, 0.1) is 13.8 Å². The molecule has 5 nitrogen and oxygen atoms in total. The van der Waals surface area contributed by atoms with Gasteiger partial charge in [0, 0.05) is 22.4 Å². The van der Waals surface area contributed by atoms with Crippen LogP contribution in [0.3, 0.4) is 0 Å². The van der Waals surface area contributed by atoms with Gasteiger partial charge in [0.25, 0.3) is 5.91 Å². The van der Waals surface area contributed by atoms with Crippen LogP contribution in [-0.4, -0.2) is 16.8 Å². The highest BCUT2D eigenvalue weighted by molar-refractivity contribution is 6.27. The average molecular weight is 368 g/mol. The number of carbonyl (C=O) groups excluding carboxylic acids is 2. The van der Waals surface area contributed by atoms with E-state index in [1.165, 1.54) is 0 Å². The number of anilines is 1. The summed E-state index contributed by atoms with van der Waals surface area (Å²) in [4.78, 5) is 25.8. The Kier molecular flexibility index (Phi) is 3.46. The predicted molar refractivity (Wildman–Crippen MR) is 107 cm³/mol. The monoisotopic (exact) mass is 368 g/mol. The van der Waals surface area contributed by atoms with E-state index in [2.05, 4.69) is 10.5 Å². The van der Waals surface area contributed by atoms with Gasteiger partial charge in [0.05, 0.1) is 10.9 Å². The number of carbonyl (C=O) groups is 2. The van der Waals surface area contributed by atoms with Gasteiger partial charge in [-0.25, -0.2) is 0 Å². The highest BCUT2D eigenvalue weighted by Gasteiger charge is 2.30. The molecular formula is C23H16N2O3. The fourth-order valence-corrected chi connectivity index (χ4v) is 3.78. The van der Waals surface area contributed by atoms with E-state index >= 15 is 0 Å². The van der Waals surface area contributed by atoms with E-state index in [1.54, 1.807) is 18.2 Å². The first kappa shape index (κ1) is 16.4. The number of aryl methyl sites for hydroxylation is 2. The second kappa shape index (κ2) is 5.89. The Bertz CT molecular complexity index is 1300. The van der Waals surface area contributed by atoms with E-state index in [-0.39, 0.29) is 11.7 Å². The normalized spacial score (nSPS) is 12.1. The Balaban J connectivity index is 1.63. The van der Waals surface area contributed by atoms with Gasteiger partial charge in [-0.05, 0) is 37.6 Å². The second-order valence-corrected chi connectivity index (χ2v) is 7.04. The topological polar surface area (TPSA) is 72.2 Å². The Morgan fingerprint density at radius 3 is 2.54 bits per heavy atom. The van der Waals surface area contributed by atoms with Crippen LogP contribution in [0.15, 0.2) is 59.1 Å². The molecule has 1 amide bonds. The van der Waals surface area contributed by atoms with E-state index in [0.29, 0.717) is 38.9 Å². The van der Waals surface area contributed by atoms with Crippen molar-refractivity contribution in [3.8, 4) is 11.3 Å². The molecule has 0 atom stereocenters. The number of fused-ring (bicyclic) bond motifs is 2. The van der Waals surface area contributed by atoms with Crippen molar-refractivity contribution in [1.82, 2.24) is 5.16 Å². The summed E-state index contributed by atoms with van der Waals surface area (Å²) in [7, 11) is 0. The maximum atomic E-state index is 12.9. The SMILES string of the molecule is Cc1ccc(NC(=O)c2ccc3c4c(onc24)-c2ccccc2C3=O)c(C)c1. The fraction of sp³-hybridized carbons (Fsp3) is 0.0870. The van der Waals surface area contributed by atoms with E-state index < -0.39 is 0 Å². The molecule has 0 unspecified atom stereocenters. The van der Waals surface area contributed by atoms with Crippen molar-refractivity contribution in [1.29, 1.82) is 0 Å². The molecule has 1 aliphatic rings. The van der Waals surface area contributed by atoms with Gasteiger partial charge in [-0.2, -0.15) is 0 Å². The summed E-state index contributed by atoms with van der Waals surface area (Å²) in [5.41, 5.74) is 5.42. The van der Waals surface area contributed by atoms with Crippen molar-refractivity contribution >= 4 is 28.3 Å². The highest BCUT2D eigenvalue weighted by Crippen LogP contribution is 2.40. The lowest BCUT2D eigenvalue weighted by Crippen LogP contribution is -2.15. The Morgan fingerprint density at radius 2 is 1.75 bits per heavy atom. The zero-order valence-electron chi connectivity index (χ0n) is 15.4. The molecule has 3 aromatic carbocycles. The van der Waals surface area contributed by atoms with Crippen molar-refractivity contribution < 1.29 is 14.1 Å². The minimum atomic E-state index is -0.287. The van der Waals surface area contributed by atoms with Crippen LogP contribution >= 0.6 is 0 Å². The smallest absolute Gasteiger partial charge is 0.258 e. The summed E-state index contributed by atoms with van der Waals surface area (Å²) in [5, 5.41) is 7.66. The number of benzene rings is 3. The Hall–Kier alpha value is -3.73. The highest BCUT2D eigenvalue weighted by atomic mass is 16.5. The third kappa shape index (κ3) is 2.29. The lowest BCUT2D eigenvalue weighted by molar-refractivity contribution is 0.102. The lowest BCUT2D eigenvalue weighted by atomic mass is 9.87. The first-order valence-electron chi connectivity index (χ1n) is 8.99. The number of aromatic nitrogens is 1. The molecule has 5 rings (SSSR count). The van der Waals surface area contributed by atoms with Gasteiger partial charge in [0.1, 0.15) is 5.52 Å². The largest absolute Gasteiger partial charge is 0.355 e. The van der Waals surface area contributed by atoms with Crippen LogP contribution in [0.2, 0.25) is 0 Å². The first-order chi connectivity index (χ1) is 13.5. The molecule has 136 valence electrons. The first-order valence-corrected chi connectivity index (χ1v) is 8.99. The molecule has 0 saturated heterocycles. The summed E-state index contributed by atoms with van der Waals surface area (Å²) in [6, 6.07) is 16.4. The molecule has 1 heterocycles. The minimum Gasteiger partial charge on any atom is -0.355 e. The van der Waals surface area contributed by atoms with Crippen LogP contribution < -0.4 is 5.32 Å². The number of hydrogen-bond acceptors (Lipinski definition) is 4. The second-order valence-electron chi connectivity index (χ2n) is 7.04. The summed E-state index contributed by atoms with van der Waals surface area (Å²) < 4.78 is 5.57. The van der Waals surface area contributed by atoms with Gasteiger partial charge < -0.3 is 9.84 Å². The van der Waals surface area contributed by atoms with Gasteiger partial charge in [-0.1, -0.05) is 47.1 Å². The maximum Gasteiger partial charge on any atom is 0.258 e. The molecule has 0 fully saturated rings. The third-order valence-corrected chi connectivity index (χ3v) is 5.17. The molecule has 4 aromatic rings. The third-order valence-electron chi connectivity index (χ3n) is 5.17. The van der Waals surface area contributed by atoms with Crippen molar-refractivity contribution in [3.05, 3.63) is 82.4 Å². The van der Waals surface area contributed by atoms with Crippen LogP contribution in [0.5, 0.6) is 0 Å². The molecule has 0 bridgehead atoms. The summed E-state index contributed by atoms with van der Waals surface area (Å²) >= 11 is 0. The number of ketones is 1. The molecule has 0 spiro atoms. The average Bonchev–Trinajstić information content (AvgIpc) is 3.13. The molecule has 0 radical (unpaired) electrons. The van der Waals surface area contributed by atoms with Crippen LogP contribution in [0.25, 0.3) is 22.2 Å². The van der Waals surface area contributed by atoms with Gasteiger partial charge in [0.15, 0.2) is 11.5 Å².